The maximum atomic E-state index is 11.5. The highest BCUT2D eigenvalue weighted by molar-refractivity contribution is 7.91. The molecule has 7 heteroatoms. The summed E-state index contributed by atoms with van der Waals surface area (Å²) in [6.45, 7) is 9.29. The van der Waals surface area contributed by atoms with E-state index in [1.165, 1.54) is 4.88 Å². The van der Waals surface area contributed by atoms with Gasteiger partial charge in [-0.05, 0) is 12.5 Å². The van der Waals surface area contributed by atoms with Gasteiger partial charge in [-0.25, -0.2) is 13.4 Å². The van der Waals surface area contributed by atoms with E-state index in [2.05, 4.69) is 31.0 Å². The Morgan fingerprint density at radius 3 is 2.55 bits per heavy atom. The Kier molecular flexibility index (Phi) is 5.04. The van der Waals surface area contributed by atoms with Crippen LogP contribution in [0, 0.1) is 0 Å². The van der Waals surface area contributed by atoms with E-state index in [0.29, 0.717) is 19.0 Å². The summed E-state index contributed by atoms with van der Waals surface area (Å²) in [5.41, 5.74) is 1.14. The number of thiazole rings is 1. The molecule has 114 valence electrons. The van der Waals surface area contributed by atoms with Gasteiger partial charge in [0.1, 0.15) is 0 Å². The maximum absolute atomic E-state index is 11.5. The van der Waals surface area contributed by atoms with Gasteiger partial charge in [0.15, 0.2) is 15.0 Å². The van der Waals surface area contributed by atoms with E-state index in [-0.39, 0.29) is 11.5 Å². The summed E-state index contributed by atoms with van der Waals surface area (Å²) in [5, 5.41) is 4.31. The monoisotopic (exact) mass is 317 g/mol. The number of nitrogens with one attached hydrogen (secondary N) is 1. The van der Waals surface area contributed by atoms with Crippen LogP contribution in [-0.4, -0.2) is 44.5 Å². The zero-order valence-electron chi connectivity index (χ0n) is 12.3. The molecule has 0 radical (unpaired) electrons. The predicted molar refractivity (Wildman–Crippen MR) is 84.5 cm³/mol. The topological polar surface area (TPSA) is 62.3 Å². The molecule has 0 spiro atoms. The van der Waals surface area contributed by atoms with Crippen LogP contribution in [0.25, 0.3) is 0 Å². The lowest BCUT2D eigenvalue weighted by atomic mass is 10.1. The molecule has 2 heterocycles. The molecule has 1 aliphatic rings. The highest BCUT2D eigenvalue weighted by Crippen LogP contribution is 2.31. The normalized spacial score (nSPS) is 18.7. The van der Waals surface area contributed by atoms with Gasteiger partial charge in [0, 0.05) is 24.5 Å². The van der Waals surface area contributed by atoms with Crippen LogP contribution >= 0.6 is 11.3 Å². The van der Waals surface area contributed by atoms with Crippen molar-refractivity contribution in [1.29, 1.82) is 0 Å². The summed E-state index contributed by atoms with van der Waals surface area (Å²) >= 11 is 1.69. The van der Waals surface area contributed by atoms with Crippen molar-refractivity contribution in [2.24, 2.45) is 0 Å². The molecular formula is C13H23N3O2S2. The Bertz CT molecular complexity index is 538. The maximum Gasteiger partial charge on any atom is 0.185 e. The van der Waals surface area contributed by atoms with Crippen LogP contribution in [0.1, 0.15) is 37.3 Å². The van der Waals surface area contributed by atoms with E-state index < -0.39 is 9.84 Å². The minimum Gasteiger partial charge on any atom is -0.346 e. The third-order valence-electron chi connectivity index (χ3n) is 3.41. The SMILES string of the molecule is CCNCc1sc(N2CCS(=O)(=O)CC2)nc1C(C)C. The van der Waals surface area contributed by atoms with Gasteiger partial charge in [0.05, 0.1) is 17.2 Å². The number of aromatic nitrogens is 1. The summed E-state index contributed by atoms with van der Waals surface area (Å²) in [7, 11) is -2.83. The average Bonchev–Trinajstić information content (AvgIpc) is 2.80. The molecule has 5 nitrogen and oxygen atoms in total. The van der Waals surface area contributed by atoms with Crippen LogP contribution in [0.5, 0.6) is 0 Å². The second kappa shape index (κ2) is 6.41. The smallest absolute Gasteiger partial charge is 0.185 e. The first-order valence-corrected chi connectivity index (χ1v) is 9.72. The summed E-state index contributed by atoms with van der Waals surface area (Å²) in [4.78, 5) is 8.12. The van der Waals surface area contributed by atoms with Crippen LogP contribution in [0.2, 0.25) is 0 Å². The van der Waals surface area contributed by atoms with Gasteiger partial charge in [0.25, 0.3) is 0 Å². The first-order valence-electron chi connectivity index (χ1n) is 7.08. The van der Waals surface area contributed by atoms with E-state index in [4.69, 9.17) is 4.98 Å². The molecule has 0 atom stereocenters. The molecule has 0 bridgehead atoms. The molecule has 1 aliphatic heterocycles. The molecule has 0 aliphatic carbocycles. The molecule has 2 rings (SSSR count). The number of nitrogens with zero attached hydrogens (tertiary/aromatic N) is 2. The average molecular weight is 317 g/mol. The molecular weight excluding hydrogens is 294 g/mol. The lowest BCUT2D eigenvalue weighted by Crippen LogP contribution is -2.40. The Morgan fingerprint density at radius 1 is 1.35 bits per heavy atom. The Labute approximate surface area is 125 Å². The van der Waals surface area contributed by atoms with E-state index in [0.717, 1.165) is 23.9 Å². The van der Waals surface area contributed by atoms with Crippen molar-refractivity contribution >= 4 is 26.3 Å². The van der Waals surface area contributed by atoms with Gasteiger partial charge in [-0.2, -0.15) is 0 Å². The second-order valence-electron chi connectivity index (χ2n) is 5.38. The predicted octanol–water partition coefficient (Wildman–Crippen LogP) is 1.61. The molecule has 1 N–H and O–H groups in total. The molecule has 1 aromatic heterocycles. The highest BCUT2D eigenvalue weighted by atomic mass is 32.2. The molecule has 0 unspecified atom stereocenters. The largest absolute Gasteiger partial charge is 0.346 e. The quantitative estimate of drug-likeness (QED) is 0.894. The van der Waals surface area contributed by atoms with Crippen LogP contribution < -0.4 is 10.2 Å². The van der Waals surface area contributed by atoms with Gasteiger partial charge in [-0.15, -0.1) is 11.3 Å². The van der Waals surface area contributed by atoms with Crippen molar-refractivity contribution in [3.63, 3.8) is 0 Å². The van der Waals surface area contributed by atoms with Gasteiger partial charge < -0.3 is 10.2 Å². The fourth-order valence-corrected chi connectivity index (χ4v) is 4.64. The molecule has 0 amide bonds. The molecule has 1 aromatic rings. The Morgan fingerprint density at radius 2 is 2.00 bits per heavy atom. The number of hydrogen-bond donors (Lipinski definition) is 1. The van der Waals surface area contributed by atoms with Crippen molar-refractivity contribution < 1.29 is 8.42 Å². The fourth-order valence-electron chi connectivity index (χ4n) is 2.21. The van der Waals surface area contributed by atoms with Crippen molar-refractivity contribution in [3.8, 4) is 0 Å². The standard InChI is InChI=1S/C13H23N3O2S2/c1-4-14-9-11-12(10(2)3)15-13(19-11)16-5-7-20(17,18)8-6-16/h10,14H,4-9H2,1-3H3. The van der Waals surface area contributed by atoms with Gasteiger partial charge in [-0.3, -0.25) is 0 Å². The van der Waals surface area contributed by atoms with Crippen LogP contribution in [0.3, 0.4) is 0 Å². The lowest BCUT2D eigenvalue weighted by molar-refractivity contribution is 0.586. The van der Waals surface area contributed by atoms with Gasteiger partial charge in [-0.1, -0.05) is 20.8 Å². The highest BCUT2D eigenvalue weighted by Gasteiger charge is 2.25. The molecule has 20 heavy (non-hydrogen) atoms. The van der Waals surface area contributed by atoms with Crippen molar-refractivity contribution in [1.82, 2.24) is 10.3 Å². The van der Waals surface area contributed by atoms with Gasteiger partial charge >= 0.3 is 0 Å². The third kappa shape index (κ3) is 3.71. The first-order chi connectivity index (χ1) is 9.43. The molecule has 1 saturated heterocycles. The van der Waals surface area contributed by atoms with E-state index in [1.54, 1.807) is 11.3 Å². The zero-order valence-corrected chi connectivity index (χ0v) is 14.0. The van der Waals surface area contributed by atoms with Crippen LogP contribution in [-0.2, 0) is 16.4 Å². The number of anilines is 1. The molecule has 0 saturated carbocycles. The zero-order chi connectivity index (χ0) is 14.8. The van der Waals surface area contributed by atoms with Crippen molar-refractivity contribution in [3.05, 3.63) is 10.6 Å². The molecule has 1 fully saturated rings. The first kappa shape index (κ1) is 15.7. The number of sulfone groups is 1. The summed E-state index contributed by atoms with van der Waals surface area (Å²) in [5.74, 6) is 0.875. The minimum absolute atomic E-state index is 0.242. The fraction of sp³-hybridized carbons (Fsp3) is 0.769. The summed E-state index contributed by atoms with van der Waals surface area (Å²) in [6, 6.07) is 0. The molecule has 0 aromatic carbocycles. The van der Waals surface area contributed by atoms with Gasteiger partial charge in [0.2, 0.25) is 0 Å². The Balaban J connectivity index is 2.16. The third-order valence-corrected chi connectivity index (χ3v) is 6.15. The van der Waals surface area contributed by atoms with E-state index in [9.17, 15) is 8.42 Å². The summed E-state index contributed by atoms with van der Waals surface area (Å²) < 4.78 is 23.0. The summed E-state index contributed by atoms with van der Waals surface area (Å²) in [6.07, 6.45) is 0. The van der Waals surface area contributed by atoms with E-state index >= 15 is 0 Å². The number of rotatable bonds is 5. The van der Waals surface area contributed by atoms with E-state index in [1.807, 2.05) is 0 Å². The Hall–Kier alpha value is -0.660. The number of hydrogen-bond acceptors (Lipinski definition) is 6. The van der Waals surface area contributed by atoms with Crippen LogP contribution in [0.4, 0.5) is 5.13 Å². The van der Waals surface area contributed by atoms with Crippen LogP contribution in [0.15, 0.2) is 0 Å². The second-order valence-corrected chi connectivity index (χ2v) is 8.74. The minimum atomic E-state index is -2.83. The van der Waals surface area contributed by atoms with Crippen molar-refractivity contribution in [2.45, 2.75) is 33.2 Å². The van der Waals surface area contributed by atoms with Crippen molar-refractivity contribution in [2.75, 3.05) is 36.0 Å². The lowest BCUT2D eigenvalue weighted by Gasteiger charge is -2.26.